The summed E-state index contributed by atoms with van der Waals surface area (Å²) in [5.74, 6) is -3.68. The maximum atomic E-state index is 13.5. The number of rotatable bonds is 4. The van der Waals surface area contributed by atoms with E-state index in [4.69, 9.17) is 10.5 Å². The zero-order chi connectivity index (χ0) is 20.2. The Morgan fingerprint density at radius 2 is 1.81 bits per heavy atom. The second-order valence-corrected chi connectivity index (χ2v) is 7.64. The summed E-state index contributed by atoms with van der Waals surface area (Å²) in [5.41, 5.74) is 4.93. The summed E-state index contributed by atoms with van der Waals surface area (Å²) in [7, 11) is 0. The van der Waals surface area contributed by atoms with Crippen LogP contribution < -0.4 is 16.4 Å². The van der Waals surface area contributed by atoms with Gasteiger partial charge in [-0.3, -0.25) is 4.79 Å². The number of amides is 2. The molecule has 2 rings (SSSR count). The summed E-state index contributed by atoms with van der Waals surface area (Å²) >= 11 is 0. The Morgan fingerprint density at radius 1 is 1.26 bits per heavy atom. The highest BCUT2D eigenvalue weighted by atomic mass is 19.3. The van der Waals surface area contributed by atoms with Crippen LogP contribution in [-0.4, -0.2) is 39.5 Å². The molecular weight excluding hydrogens is 360 g/mol. The smallest absolute Gasteiger partial charge is 0.408 e. The first-order valence-electron chi connectivity index (χ1n) is 8.71. The van der Waals surface area contributed by atoms with Crippen molar-refractivity contribution in [1.82, 2.24) is 15.3 Å². The lowest BCUT2D eigenvalue weighted by atomic mass is 9.81. The van der Waals surface area contributed by atoms with Gasteiger partial charge in [0, 0.05) is 12.8 Å². The minimum Gasteiger partial charge on any atom is -0.444 e. The van der Waals surface area contributed by atoms with E-state index in [1.807, 2.05) is 0 Å². The average Bonchev–Trinajstić information content (AvgIpc) is 2.53. The standard InChI is InChI=1S/C17H25F2N5O3/c1-16(2,3)27-15(26)24-12(10-4-6-17(18,19)7-5-10)13(25)23-11-8-21-14(20)22-9-11/h8-10,12H,4-7H2,1-3H3,(H,23,25)(H,24,26)(H2,20,21,22). The third kappa shape index (κ3) is 6.61. The molecule has 27 heavy (non-hydrogen) atoms. The van der Waals surface area contributed by atoms with Gasteiger partial charge in [-0.05, 0) is 39.5 Å². The van der Waals surface area contributed by atoms with E-state index < -0.39 is 35.5 Å². The zero-order valence-corrected chi connectivity index (χ0v) is 15.6. The number of carbonyl (C=O) groups is 2. The van der Waals surface area contributed by atoms with Crippen LogP contribution in [0.3, 0.4) is 0 Å². The van der Waals surface area contributed by atoms with Gasteiger partial charge < -0.3 is 21.1 Å². The molecule has 1 unspecified atom stereocenters. The highest BCUT2D eigenvalue weighted by Crippen LogP contribution is 2.37. The maximum absolute atomic E-state index is 13.5. The minimum absolute atomic E-state index is 0.0472. The van der Waals surface area contributed by atoms with Gasteiger partial charge in [-0.15, -0.1) is 0 Å². The summed E-state index contributed by atoms with van der Waals surface area (Å²) in [5, 5.41) is 5.10. The Hall–Kier alpha value is -2.52. The van der Waals surface area contributed by atoms with Gasteiger partial charge in [-0.2, -0.15) is 0 Å². The average molecular weight is 385 g/mol. The lowest BCUT2D eigenvalue weighted by molar-refractivity contribution is -0.121. The van der Waals surface area contributed by atoms with Crippen molar-refractivity contribution in [3.05, 3.63) is 12.4 Å². The number of alkyl carbamates (subject to hydrolysis) is 1. The van der Waals surface area contributed by atoms with Gasteiger partial charge in [0.05, 0.1) is 18.1 Å². The highest BCUT2D eigenvalue weighted by Gasteiger charge is 2.40. The van der Waals surface area contributed by atoms with Crippen LogP contribution in [0, 0.1) is 5.92 Å². The molecule has 8 nitrogen and oxygen atoms in total. The maximum Gasteiger partial charge on any atom is 0.408 e. The molecule has 0 bridgehead atoms. The van der Waals surface area contributed by atoms with Crippen molar-refractivity contribution in [2.45, 2.75) is 64.0 Å². The largest absolute Gasteiger partial charge is 0.444 e. The van der Waals surface area contributed by atoms with Crippen molar-refractivity contribution in [2.75, 3.05) is 11.1 Å². The first kappa shape index (κ1) is 20.8. The quantitative estimate of drug-likeness (QED) is 0.733. The number of nitrogens with zero attached hydrogens (tertiary/aromatic N) is 2. The molecule has 0 saturated heterocycles. The van der Waals surface area contributed by atoms with E-state index in [1.54, 1.807) is 20.8 Å². The molecule has 1 aromatic rings. The minimum atomic E-state index is -2.74. The molecule has 2 amide bonds. The molecule has 0 aliphatic heterocycles. The molecule has 150 valence electrons. The van der Waals surface area contributed by atoms with Gasteiger partial charge >= 0.3 is 6.09 Å². The molecule has 1 fully saturated rings. The fraction of sp³-hybridized carbons (Fsp3) is 0.647. The van der Waals surface area contributed by atoms with E-state index >= 15 is 0 Å². The number of nitrogen functional groups attached to an aromatic ring is 1. The second kappa shape index (κ2) is 8.01. The zero-order valence-electron chi connectivity index (χ0n) is 15.6. The normalized spacial score (nSPS) is 18.4. The van der Waals surface area contributed by atoms with Gasteiger partial charge in [0.15, 0.2) is 0 Å². The molecular formula is C17H25F2N5O3. The van der Waals surface area contributed by atoms with Gasteiger partial charge in [0.1, 0.15) is 11.6 Å². The number of hydrogen-bond acceptors (Lipinski definition) is 6. The van der Waals surface area contributed by atoms with E-state index in [2.05, 4.69) is 20.6 Å². The third-order valence-electron chi connectivity index (χ3n) is 4.13. The van der Waals surface area contributed by atoms with Crippen LogP contribution in [0.1, 0.15) is 46.5 Å². The van der Waals surface area contributed by atoms with E-state index in [9.17, 15) is 18.4 Å². The first-order valence-corrected chi connectivity index (χ1v) is 8.71. The fourth-order valence-electron chi connectivity index (χ4n) is 2.85. The van der Waals surface area contributed by atoms with Crippen LogP contribution in [0.4, 0.5) is 25.2 Å². The molecule has 1 heterocycles. The predicted molar refractivity (Wildman–Crippen MR) is 95.1 cm³/mol. The Labute approximate surface area is 156 Å². The van der Waals surface area contributed by atoms with Crippen molar-refractivity contribution in [2.24, 2.45) is 5.92 Å². The van der Waals surface area contributed by atoms with Crippen LogP contribution in [0.5, 0.6) is 0 Å². The molecule has 1 aromatic heterocycles. The monoisotopic (exact) mass is 385 g/mol. The van der Waals surface area contributed by atoms with Gasteiger partial charge in [0.2, 0.25) is 17.8 Å². The molecule has 0 radical (unpaired) electrons. The van der Waals surface area contributed by atoms with Gasteiger partial charge in [-0.1, -0.05) is 0 Å². The number of carbonyl (C=O) groups excluding carboxylic acids is 2. The SMILES string of the molecule is CC(C)(C)OC(=O)NC(C(=O)Nc1cnc(N)nc1)C1CCC(F)(F)CC1. The van der Waals surface area contributed by atoms with Crippen molar-refractivity contribution in [3.63, 3.8) is 0 Å². The molecule has 4 N–H and O–H groups in total. The van der Waals surface area contributed by atoms with E-state index in [1.165, 1.54) is 12.4 Å². The molecule has 10 heteroatoms. The predicted octanol–water partition coefficient (Wildman–Crippen LogP) is 2.72. The van der Waals surface area contributed by atoms with Crippen LogP contribution in [-0.2, 0) is 9.53 Å². The summed E-state index contributed by atoms with van der Waals surface area (Å²) in [4.78, 5) is 32.4. The molecule has 1 aliphatic rings. The summed E-state index contributed by atoms with van der Waals surface area (Å²) in [6.45, 7) is 5.07. The number of halogens is 2. The van der Waals surface area contributed by atoms with Crippen LogP contribution in [0.15, 0.2) is 12.4 Å². The van der Waals surface area contributed by atoms with E-state index in [0.717, 1.165) is 0 Å². The molecule has 0 spiro atoms. The third-order valence-corrected chi connectivity index (χ3v) is 4.13. The van der Waals surface area contributed by atoms with Crippen molar-refractivity contribution < 1.29 is 23.1 Å². The van der Waals surface area contributed by atoms with Crippen LogP contribution in [0.2, 0.25) is 0 Å². The van der Waals surface area contributed by atoms with Gasteiger partial charge in [-0.25, -0.2) is 23.5 Å². The number of hydrogen-bond donors (Lipinski definition) is 3. The van der Waals surface area contributed by atoms with Gasteiger partial charge in [0.25, 0.3) is 0 Å². The summed E-state index contributed by atoms with van der Waals surface area (Å²) in [6, 6.07) is -1.02. The number of nitrogens with two attached hydrogens (primary N) is 1. The van der Waals surface area contributed by atoms with Crippen molar-refractivity contribution in [1.29, 1.82) is 0 Å². The van der Waals surface area contributed by atoms with E-state index in [-0.39, 0.29) is 37.3 Å². The Kier molecular flexibility index (Phi) is 6.17. The fourth-order valence-corrected chi connectivity index (χ4v) is 2.85. The number of aromatic nitrogens is 2. The lowest BCUT2D eigenvalue weighted by Crippen LogP contribution is -2.51. The number of anilines is 2. The Bertz CT molecular complexity index is 666. The summed E-state index contributed by atoms with van der Waals surface area (Å²) < 4.78 is 32.1. The number of ether oxygens (including phenoxy) is 1. The van der Waals surface area contributed by atoms with Crippen molar-refractivity contribution >= 4 is 23.6 Å². The van der Waals surface area contributed by atoms with Crippen molar-refractivity contribution in [3.8, 4) is 0 Å². The Balaban J connectivity index is 2.11. The lowest BCUT2D eigenvalue weighted by Gasteiger charge is -2.33. The topological polar surface area (TPSA) is 119 Å². The van der Waals surface area contributed by atoms with Crippen LogP contribution >= 0.6 is 0 Å². The molecule has 1 aliphatic carbocycles. The first-order chi connectivity index (χ1) is 12.5. The highest BCUT2D eigenvalue weighted by molar-refractivity contribution is 5.96. The summed E-state index contributed by atoms with van der Waals surface area (Å²) in [6.07, 6.45) is 1.41. The number of alkyl halides is 2. The van der Waals surface area contributed by atoms with Crippen LogP contribution in [0.25, 0.3) is 0 Å². The molecule has 1 atom stereocenters. The Morgan fingerprint density at radius 3 is 2.33 bits per heavy atom. The molecule has 0 aromatic carbocycles. The molecule has 1 saturated carbocycles. The second-order valence-electron chi connectivity index (χ2n) is 7.64. The number of nitrogens with one attached hydrogen (secondary N) is 2. The van der Waals surface area contributed by atoms with E-state index in [0.29, 0.717) is 0 Å².